The van der Waals surface area contributed by atoms with Crippen molar-refractivity contribution in [3.8, 4) is 0 Å². The van der Waals surface area contributed by atoms with E-state index in [9.17, 15) is 4.79 Å². The number of benzene rings is 1. The number of aryl methyl sites for hydroxylation is 2. The maximum absolute atomic E-state index is 12.2. The number of hydrogen-bond donors (Lipinski definition) is 2. The normalized spacial score (nSPS) is 10.3. The number of rotatable bonds is 2. The number of nitrogens with two attached hydrogens (primary N) is 1. The Morgan fingerprint density at radius 2 is 1.95 bits per heavy atom. The van der Waals surface area contributed by atoms with Gasteiger partial charge in [0, 0.05) is 11.9 Å². The minimum atomic E-state index is -0.189. The number of aromatic nitrogens is 1. The maximum Gasteiger partial charge on any atom is 0.257 e. The Morgan fingerprint density at radius 1 is 1.21 bits per heavy atom. The van der Waals surface area contributed by atoms with Crippen molar-refractivity contribution in [3.05, 3.63) is 52.8 Å². The number of nitrogens with one attached hydrogen (secondary N) is 1. The van der Waals surface area contributed by atoms with Crippen molar-refractivity contribution in [1.29, 1.82) is 0 Å². The Bertz CT molecular complexity index is 635. The molecule has 0 saturated carbocycles. The lowest BCUT2D eigenvalue weighted by atomic mass is 10.1. The van der Waals surface area contributed by atoms with Crippen molar-refractivity contribution in [2.75, 3.05) is 11.1 Å². The minimum Gasteiger partial charge on any atom is -0.397 e. The number of pyridine rings is 1. The maximum atomic E-state index is 12.2. The van der Waals surface area contributed by atoms with Crippen molar-refractivity contribution < 1.29 is 4.79 Å². The van der Waals surface area contributed by atoms with Crippen LogP contribution in [0.1, 0.15) is 27.2 Å². The van der Waals surface area contributed by atoms with Crippen LogP contribution >= 0.6 is 0 Å². The number of carbonyl (C=O) groups is 1. The molecular formula is C15H17N3O. The summed E-state index contributed by atoms with van der Waals surface area (Å²) in [5.41, 5.74) is 10.5. The summed E-state index contributed by atoms with van der Waals surface area (Å²) in [6.45, 7) is 5.73. The molecule has 98 valence electrons. The molecule has 19 heavy (non-hydrogen) atoms. The molecule has 0 bridgehead atoms. The largest absolute Gasteiger partial charge is 0.397 e. The predicted molar refractivity (Wildman–Crippen MR) is 77.3 cm³/mol. The molecule has 0 saturated heterocycles. The van der Waals surface area contributed by atoms with Gasteiger partial charge in [-0.3, -0.25) is 9.78 Å². The highest BCUT2D eigenvalue weighted by atomic mass is 16.1. The van der Waals surface area contributed by atoms with Crippen molar-refractivity contribution in [2.45, 2.75) is 20.8 Å². The van der Waals surface area contributed by atoms with Gasteiger partial charge in [-0.1, -0.05) is 6.07 Å². The van der Waals surface area contributed by atoms with E-state index in [1.165, 1.54) is 0 Å². The van der Waals surface area contributed by atoms with Gasteiger partial charge in [0.15, 0.2) is 0 Å². The molecule has 0 aliphatic heterocycles. The van der Waals surface area contributed by atoms with Crippen LogP contribution in [0.15, 0.2) is 30.5 Å². The standard InChI is InChI=1S/C15H17N3O/c1-9-6-7-13(16)14(10(9)2)18-15(19)12-5-4-8-17-11(12)3/h4-8H,16H2,1-3H3,(H,18,19). The van der Waals surface area contributed by atoms with Crippen LogP contribution < -0.4 is 11.1 Å². The van der Waals surface area contributed by atoms with Gasteiger partial charge < -0.3 is 11.1 Å². The summed E-state index contributed by atoms with van der Waals surface area (Å²) in [5, 5.41) is 2.87. The molecule has 0 radical (unpaired) electrons. The first-order valence-electron chi connectivity index (χ1n) is 6.09. The van der Waals surface area contributed by atoms with Gasteiger partial charge in [0.05, 0.1) is 16.9 Å². The van der Waals surface area contributed by atoms with E-state index >= 15 is 0 Å². The molecule has 4 nitrogen and oxygen atoms in total. The highest BCUT2D eigenvalue weighted by molar-refractivity contribution is 6.06. The van der Waals surface area contributed by atoms with E-state index in [0.717, 1.165) is 11.1 Å². The molecule has 3 N–H and O–H groups in total. The van der Waals surface area contributed by atoms with Crippen LogP contribution in [0.3, 0.4) is 0 Å². The van der Waals surface area contributed by atoms with Crippen molar-refractivity contribution >= 4 is 17.3 Å². The number of anilines is 2. The number of amides is 1. The smallest absolute Gasteiger partial charge is 0.257 e. The molecule has 2 aromatic rings. The van der Waals surface area contributed by atoms with Gasteiger partial charge in [-0.25, -0.2) is 0 Å². The topological polar surface area (TPSA) is 68.0 Å². The lowest BCUT2D eigenvalue weighted by Gasteiger charge is -2.14. The number of nitrogens with zero attached hydrogens (tertiary/aromatic N) is 1. The van der Waals surface area contributed by atoms with Crippen LogP contribution in [-0.2, 0) is 0 Å². The first-order valence-corrected chi connectivity index (χ1v) is 6.09. The molecule has 0 spiro atoms. The van der Waals surface area contributed by atoms with Gasteiger partial charge in [-0.15, -0.1) is 0 Å². The third-order valence-corrected chi connectivity index (χ3v) is 3.26. The first-order chi connectivity index (χ1) is 9.00. The zero-order valence-corrected chi connectivity index (χ0v) is 11.3. The molecule has 0 aliphatic carbocycles. The number of carbonyl (C=O) groups excluding carboxylic acids is 1. The summed E-state index contributed by atoms with van der Waals surface area (Å²) >= 11 is 0. The Kier molecular flexibility index (Phi) is 3.51. The van der Waals surface area contributed by atoms with Crippen LogP contribution in [0.2, 0.25) is 0 Å². The van der Waals surface area contributed by atoms with E-state index in [1.807, 2.05) is 19.9 Å². The second kappa shape index (κ2) is 5.10. The lowest BCUT2D eigenvalue weighted by Crippen LogP contribution is -2.16. The third-order valence-electron chi connectivity index (χ3n) is 3.26. The van der Waals surface area contributed by atoms with E-state index in [2.05, 4.69) is 10.3 Å². The molecule has 0 unspecified atom stereocenters. The fraction of sp³-hybridized carbons (Fsp3) is 0.200. The fourth-order valence-corrected chi connectivity index (χ4v) is 1.91. The molecule has 1 heterocycles. The summed E-state index contributed by atoms with van der Waals surface area (Å²) in [7, 11) is 0. The van der Waals surface area contributed by atoms with Crippen molar-refractivity contribution in [3.63, 3.8) is 0 Å². The molecule has 1 aromatic carbocycles. The van der Waals surface area contributed by atoms with Gasteiger partial charge in [-0.2, -0.15) is 0 Å². The highest BCUT2D eigenvalue weighted by Crippen LogP contribution is 2.26. The summed E-state index contributed by atoms with van der Waals surface area (Å²) < 4.78 is 0. The Labute approximate surface area is 112 Å². The molecule has 0 fully saturated rings. The number of hydrogen-bond acceptors (Lipinski definition) is 3. The molecular weight excluding hydrogens is 238 g/mol. The van der Waals surface area contributed by atoms with Crippen LogP contribution in [0.4, 0.5) is 11.4 Å². The fourth-order valence-electron chi connectivity index (χ4n) is 1.91. The molecule has 4 heteroatoms. The summed E-state index contributed by atoms with van der Waals surface area (Å²) in [4.78, 5) is 16.4. The van der Waals surface area contributed by atoms with Crippen LogP contribution in [0, 0.1) is 20.8 Å². The molecule has 1 aromatic heterocycles. The molecule has 0 aliphatic rings. The lowest BCUT2D eigenvalue weighted by molar-refractivity contribution is 0.102. The average Bonchev–Trinajstić information content (AvgIpc) is 2.39. The van der Waals surface area contributed by atoms with Gasteiger partial charge in [-0.05, 0) is 50.1 Å². The Hall–Kier alpha value is -2.36. The second-order valence-electron chi connectivity index (χ2n) is 4.56. The average molecular weight is 255 g/mol. The third kappa shape index (κ3) is 2.57. The first kappa shape index (κ1) is 13.1. The van der Waals surface area contributed by atoms with E-state index in [1.54, 1.807) is 31.3 Å². The van der Waals surface area contributed by atoms with Crippen molar-refractivity contribution in [2.24, 2.45) is 0 Å². The predicted octanol–water partition coefficient (Wildman–Crippen LogP) is 2.84. The quantitative estimate of drug-likeness (QED) is 0.811. The van der Waals surface area contributed by atoms with Gasteiger partial charge >= 0.3 is 0 Å². The van der Waals surface area contributed by atoms with Gasteiger partial charge in [0.1, 0.15) is 0 Å². The highest BCUT2D eigenvalue weighted by Gasteiger charge is 2.13. The Balaban J connectivity index is 2.35. The second-order valence-corrected chi connectivity index (χ2v) is 4.56. The minimum absolute atomic E-state index is 0.189. The Morgan fingerprint density at radius 3 is 2.63 bits per heavy atom. The number of nitrogen functional groups attached to an aromatic ring is 1. The van der Waals surface area contributed by atoms with E-state index < -0.39 is 0 Å². The monoisotopic (exact) mass is 255 g/mol. The zero-order valence-electron chi connectivity index (χ0n) is 11.3. The van der Waals surface area contributed by atoms with E-state index in [-0.39, 0.29) is 5.91 Å². The molecule has 0 atom stereocenters. The van der Waals surface area contributed by atoms with Gasteiger partial charge in [0.2, 0.25) is 0 Å². The molecule has 2 rings (SSSR count). The molecule has 1 amide bonds. The summed E-state index contributed by atoms with van der Waals surface area (Å²) in [5.74, 6) is -0.189. The van der Waals surface area contributed by atoms with Crippen LogP contribution in [0.25, 0.3) is 0 Å². The summed E-state index contributed by atoms with van der Waals surface area (Å²) in [6, 6.07) is 7.23. The van der Waals surface area contributed by atoms with Crippen LogP contribution in [0.5, 0.6) is 0 Å². The summed E-state index contributed by atoms with van der Waals surface area (Å²) in [6.07, 6.45) is 1.67. The van der Waals surface area contributed by atoms with Crippen molar-refractivity contribution in [1.82, 2.24) is 4.98 Å². The zero-order chi connectivity index (χ0) is 14.0. The van der Waals surface area contributed by atoms with Crippen LogP contribution in [-0.4, -0.2) is 10.9 Å². The van der Waals surface area contributed by atoms with Gasteiger partial charge in [0.25, 0.3) is 5.91 Å². The van der Waals surface area contributed by atoms with E-state index in [0.29, 0.717) is 22.6 Å². The SMILES string of the molecule is Cc1ccc(N)c(NC(=O)c2cccnc2C)c1C. The van der Waals surface area contributed by atoms with E-state index in [4.69, 9.17) is 5.73 Å².